The van der Waals surface area contributed by atoms with Crippen LogP contribution >= 0.6 is 0 Å². The van der Waals surface area contributed by atoms with Gasteiger partial charge in [0.1, 0.15) is 5.82 Å². The molecule has 0 fully saturated rings. The molecule has 25 heavy (non-hydrogen) atoms. The second kappa shape index (κ2) is 6.16. The van der Waals surface area contributed by atoms with Crippen molar-refractivity contribution in [3.05, 3.63) is 65.5 Å². The van der Waals surface area contributed by atoms with Crippen molar-refractivity contribution in [3.63, 3.8) is 0 Å². The molecule has 1 amide bonds. The van der Waals surface area contributed by atoms with Gasteiger partial charge in [0.25, 0.3) is 5.91 Å². The van der Waals surface area contributed by atoms with Crippen LogP contribution in [0.5, 0.6) is 0 Å². The zero-order chi connectivity index (χ0) is 17.4. The number of benzene rings is 1. The molecule has 4 rings (SSSR count). The minimum Gasteiger partial charge on any atom is -0.329 e. The van der Waals surface area contributed by atoms with Crippen LogP contribution in [-0.2, 0) is 13.1 Å². The van der Waals surface area contributed by atoms with Gasteiger partial charge < -0.3 is 9.47 Å². The molecule has 3 aromatic rings. The fraction of sp³-hybridized carbons (Fsp3) is 0.333. The molecule has 0 spiro atoms. The predicted molar refractivity (Wildman–Crippen MR) is 92.0 cm³/mol. The van der Waals surface area contributed by atoms with Crippen molar-refractivity contribution >= 4 is 5.91 Å². The molecule has 2 aromatic heterocycles. The number of aromatic nitrogens is 5. The van der Waals surface area contributed by atoms with Gasteiger partial charge in [0, 0.05) is 12.7 Å². The maximum absolute atomic E-state index is 12.8. The van der Waals surface area contributed by atoms with Gasteiger partial charge in [-0.2, -0.15) is 5.10 Å². The van der Waals surface area contributed by atoms with Crippen molar-refractivity contribution in [1.29, 1.82) is 0 Å². The molecule has 7 heteroatoms. The lowest BCUT2D eigenvalue weighted by Crippen LogP contribution is -2.40. The highest BCUT2D eigenvalue weighted by molar-refractivity contribution is 5.93. The smallest absolute Gasteiger partial charge is 0.257 e. The van der Waals surface area contributed by atoms with Gasteiger partial charge in [0.2, 0.25) is 0 Å². The van der Waals surface area contributed by atoms with Crippen molar-refractivity contribution < 1.29 is 4.79 Å². The van der Waals surface area contributed by atoms with Crippen LogP contribution in [0.15, 0.2) is 42.7 Å². The molecule has 0 radical (unpaired) electrons. The van der Waals surface area contributed by atoms with Gasteiger partial charge >= 0.3 is 0 Å². The Morgan fingerprint density at radius 1 is 1.24 bits per heavy atom. The third-order valence-corrected chi connectivity index (χ3v) is 4.55. The number of nitrogens with zero attached hydrogens (tertiary/aromatic N) is 6. The van der Waals surface area contributed by atoms with E-state index in [1.54, 1.807) is 10.9 Å². The summed E-state index contributed by atoms with van der Waals surface area (Å²) in [6.07, 6.45) is 3.45. The summed E-state index contributed by atoms with van der Waals surface area (Å²) in [5.74, 6) is 1.71. The largest absolute Gasteiger partial charge is 0.329 e. The number of fused-ring (bicyclic) bond motifs is 1. The Morgan fingerprint density at radius 2 is 2.04 bits per heavy atom. The number of amides is 1. The van der Waals surface area contributed by atoms with Crippen LogP contribution in [0.1, 0.15) is 40.5 Å². The molecule has 128 valence electrons. The third kappa shape index (κ3) is 2.93. The molecule has 0 saturated heterocycles. The minimum atomic E-state index is -0.0157. The molecule has 7 nitrogen and oxygen atoms in total. The normalized spacial score (nSPS) is 16.7. The summed E-state index contributed by atoms with van der Waals surface area (Å²) < 4.78 is 3.89. The maximum atomic E-state index is 12.8. The van der Waals surface area contributed by atoms with Crippen LogP contribution in [0, 0.1) is 6.92 Å². The first-order valence-corrected chi connectivity index (χ1v) is 8.38. The molecule has 0 unspecified atom stereocenters. The second-order valence-electron chi connectivity index (χ2n) is 6.48. The van der Waals surface area contributed by atoms with Crippen molar-refractivity contribution in [1.82, 2.24) is 29.4 Å². The number of carbonyl (C=O) groups excluding carboxylic acids is 1. The van der Waals surface area contributed by atoms with E-state index < -0.39 is 0 Å². The first kappa shape index (κ1) is 15.6. The van der Waals surface area contributed by atoms with Crippen molar-refractivity contribution in [3.8, 4) is 0 Å². The Kier molecular flexibility index (Phi) is 3.83. The molecule has 3 heterocycles. The third-order valence-electron chi connectivity index (χ3n) is 4.55. The standard InChI is InChI=1S/C18H20N6O/c1-13-9-22(12-17-21-20-14(2)24(13)17)18(25)16-8-19-23(11-16)10-15-6-4-3-5-7-15/h3-8,11,13H,9-10,12H2,1-2H3/t13-/m0/s1. The van der Waals surface area contributed by atoms with E-state index in [1.807, 2.05) is 48.4 Å². The zero-order valence-electron chi connectivity index (χ0n) is 14.3. The van der Waals surface area contributed by atoms with Gasteiger partial charge in [-0.25, -0.2) is 0 Å². The van der Waals surface area contributed by atoms with Gasteiger partial charge in [0.15, 0.2) is 5.82 Å². The molecule has 0 aliphatic carbocycles. The number of hydrogen-bond donors (Lipinski definition) is 0. The van der Waals surface area contributed by atoms with Gasteiger partial charge in [-0.05, 0) is 19.4 Å². The van der Waals surface area contributed by atoms with Crippen LogP contribution in [0.3, 0.4) is 0 Å². The summed E-state index contributed by atoms with van der Waals surface area (Å²) >= 11 is 0. The number of rotatable bonds is 3. The lowest BCUT2D eigenvalue weighted by Gasteiger charge is -2.32. The van der Waals surface area contributed by atoms with Gasteiger partial charge in [0.05, 0.1) is 30.9 Å². The number of aryl methyl sites for hydroxylation is 1. The van der Waals surface area contributed by atoms with E-state index in [0.29, 0.717) is 25.2 Å². The number of hydrogen-bond acceptors (Lipinski definition) is 4. The Balaban J connectivity index is 1.50. The molecular weight excluding hydrogens is 316 g/mol. The van der Waals surface area contributed by atoms with Crippen molar-refractivity contribution in [2.45, 2.75) is 33.0 Å². The predicted octanol–water partition coefficient (Wildman–Crippen LogP) is 2.05. The molecule has 1 atom stereocenters. The van der Waals surface area contributed by atoms with E-state index >= 15 is 0 Å². The highest BCUT2D eigenvalue weighted by atomic mass is 16.2. The average Bonchev–Trinajstić information content (AvgIpc) is 3.22. The summed E-state index contributed by atoms with van der Waals surface area (Å²) in [4.78, 5) is 14.7. The highest BCUT2D eigenvalue weighted by Crippen LogP contribution is 2.22. The summed E-state index contributed by atoms with van der Waals surface area (Å²) in [7, 11) is 0. The monoisotopic (exact) mass is 336 g/mol. The van der Waals surface area contributed by atoms with E-state index in [4.69, 9.17) is 0 Å². The molecule has 0 N–H and O–H groups in total. The Labute approximate surface area is 145 Å². The van der Waals surface area contributed by atoms with Gasteiger partial charge in [-0.1, -0.05) is 30.3 Å². The number of carbonyl (C=O) groups is 1. The summed E-state index contributed by atoms with van der Waals surface area (Å²) in [5, 5.41) is 12.6. The first-order valence-electron chi connectivity index (χ1n) is 8.38. The fourth-order valence-corrected chi connectivity index (χ4v) is 3.40. The maximum Gasteiger partial charge on any atom is 0.257 e. The molecule has 0 bridgehead atoms. The molecule has 1 aromatic carbocycles. The molecule has 1 aliphatic rings. The summed E-state index contributed by atoms with van der Waals surface area (Å²) in [6, 6.07) is 10.2. The topological polar surface area (TPSA) is 68.8 Å². The fourth-order valence-electron chi connectivity index (χ4n) is 3.40. The van der Waals surface area contributed by atoms with Crippen LogP contribution in [0.2, 0.25) is 0 Å². The van der Waals surface area contributed by atoms with Gasteiger partial charge in [-0.15, -0.1) is 10.2 Å². The Morgan fingerprint density at radius 3 is 2.84 bits per heavy atom. The Bertz CT molecular complexity index is 897. The first-order chi connectivity index (χ1) is 12.1. The van der Waals surface area contributed by atoms with Crippen LogP contribution in [0.4, 0.5) is 0 Å². The quantitative estimate of drug-likeness (QED) is 0.734. The average molecular weight is 336 g/mol. The van der Waals surface area contributed by atoms with E-state index in [9.17, 15) is 4.79 Å². The summed E-state index contributed by atoms with van der Waals surface area (Å²) in [6.45, 7) is 5.80. The van der Waals surface area contributed by atoms with Crippen molar-refractivity contribution in [2.24, 2.45) is 0 Å². The van der Waals surface area contributed by atoms with E-state index in [0.717, 1.165) is 17.2 Å². The van der Waals surface area contributed by atoms with Crippen LogP contribution in [0.25, 0.3) is 0 Å². The summed E-state index contributed by atoms with van der Waals surface area (Å²) in [5.41, 5.74) is 1.76. The molecular formula is C18H20N6O. The van der Waals surface area contributed by atoms with Crippen LogP contribution < -0.4 is 0 Å². The lowest BCUT2D eigenvalue weighted by atomic mass is 10.2. The minimum absolute atomic E-state index is 0.0157. The SMILES string of the molecule is Cc1nnc2n1[C@@H](C)CN(C(=O)c1cnn(Cc3ccccc3)c1)C2. The molecule has 0 saturated carbocycles. The zero-order valence-corrected chi connectivity index (χ0v) is 14.3. The van der Waals surface area contributed by atoms with Gasteiger partial charge in [-0.3, -0.25) is 9.48 Å². The second-order valence-corrected chi connectivity index (χ2v) is 6.48. The lowest BCUT2D eigenvalue weighted by molar-refractivity contribution is 0.0680. The van der Waals surface area contributed by atoms with E-state index in [2.05, 4.69) is 26.8 Å². The van der Waals surface area contributed by atoms with E-state index in [1.165, 1.54) is 0 Å². The van der Waals surface area contributed by atoms with Crippen molar-refractivity contribution in [2.75, 3.05) is 6.54 Å². The molecule has 1 aliphatic heterocycles. The van der Waals surface area contributed by atoms with E-state index in [-0.39, 0.29) is 11.9 Å². The van der Waals surface area contributed by atoms with Crippen LogP contribution in [-0.4, -0.2) is 41.9 Å². The Hall–Kier alpha value is -2.96. The highest BCUT2D eigenvalue weighted by Gasteiger charge is 2.29.